The van der Waals surface area contributed by atoms with E-state index in [0.29, 0.717) is 18.8 Å². The molecule has 0 aromatic heterocycles. The first-order chi connectivity index (χ1) is 11.6. The Hall–Kier alpha value is -0.930. The molecule has 0 aliphatic carbocycles. The van der Waals surface area contributed by atoms with Gasteiger partial charge in [0, 0.05) is 39.8 Å². The van der Waals surface area contributed by atoms with Gasteiger partial charge in [0.25, 0.3) is 0 Å². The first-order valence-electron chi connectivity index (χ1n) is 8.63. The van der Waals surface area contributed by atoms with E-state index in [1.165, 1.54) is 12.1 Å². The zero-order valence-corrected chi connectivity index (χ0v) is 17.6. The zero-order chi connectivity index (χ0) is 17.4. The molecule has 0 radical (unpaired) electrons. The highest BCUT2D eigenvalue weighted by atomic mass is 127. The number of rotatable bonds is 6. The van der Waals surface area contributed by atoms with E-state index in [1.807, 2.05) is 0 Å². The Morgan fingerprint density at radius 2 is 1.84 bits per heavy atom. The van der Waals surface area contributed by atoms with Crippen LogP contribution in [0, 0.1) is 5.82 Å². The molecule has 142 valence electrons. The molecule has 1 aliphatic heterocycles. The number of hydrogen-bond donors (Lipinski definition) is 2. The topological polar surface area (TPSA) is 48.9 Å². The third-order valence-electron chi connectivity index (χ3n) is 4.04. The van der Waals surface area contributed by atoms with E-state index in [2.05, 4.69) is 34.4 Å². The Balaban J connectivity index is 0.00000312. The van der Waals surface area contributed by atoms with Crippen LogP contribution in [0.4, 0.5) is 4.39 Å². The summed E-state index contributed by atoms with van der Waals surface area (Å²) in [5, 5.41) is 6.56. The molecule has 1 aliphatic rings. The molecule has 0 saturated carbocycles. The summed E-state index contributed by atoms with van der Waals surface area (Å²) < 4.78 is 18.6. The maximum atomic E-state index is 12.9. The third-order valence-corrected chi connectivity index (χ3v) is 4.04. The highest BCUT2D eigenvalue weighted by molar-refractivity contribution is 14.0. The summed E-state index contributed by atoms with van der Waals surface area (Å²) >= 11 is 0. The summed E-state index contributed by atoms with van der Waals surface area (Å²) in [6, 6.07) is 6.49. The summed E-state index contributed by atoms with van der Waals surface area (Å²) in [5.41, 5.74) is 1.02. The predicted molar refractivity (Wildman–Crippen MR) is 111 cm³/mol. The average Bonchev–Trinajstić information content (AvgIpc) is 2.55. The first-order valence-corrected chi connectivity index (χ1v) is 8.63. The Bertz CT molecular complexity index is 516. The van der Waals surface area contributed by atoms with Gasteiger partial charge in [0.1, 0.15) is 5.82 Å². The number of guanidine groups is 1. The lowest BCUT2D eigenvalue weighted by Gasteiger charge is -2.35. The van der Waals surface area contributed by atoms with E-state index in [-0.39, 0.29) is 29.8 Å². The number of aliphatic imine (C=N–C) groups is 1. The van der Waals surface area contributed by atoms with Gasteiger partial charge in [-0.25, -0.2) is 4.39 Å². The van der Waals surface area contributed by atoms with Crippen molar-refractivity contribution in [2.75, 3.05) is 33.2 Å². The summed E-state index contributed by atoms with van der Waals surface area (Å²) in [6.45, 7) is 8.80. The monoisotopic (exact) mass is 464 g/mol. The van der Waals surface area contributed by atoms with Gasteiger partial charge >= 0.3 is 0 Å². The maximum absolute atomic E-state index is 12.9. The Morgan fingerprint density at radius 3 is 2.44 bits per heavy atom. The summed E-state index contributed by atoms with van der Waals surface area (Å²) in [4.78, 5) is 6.67. The van der Waals surface area contributed by atoms with Crippen LogP contribution in [0.15, 0.2) is 29.3 Å². The van der Waals surface area contributed by atoms with Crippen molar-refractivity contribution in [1.82, 2.24) is 15.5 Å². The van der Waals surface area contributed by atoms with E-state index in [0.717, 1.165) is 44.1 Å². The summed E-state index contributed by atoms with van der Waals surface area (Å²) in [5.74, 6) is 0.552. The van der Waals surface area contributed by atoms with Crippen molar-refractivity contribution < 1.29 is 9.13 Å². The van der Waals surface area contributed by atoms with Crippen LogP contribution < -0.4 is 10.6 Å². The molecule has 0 spiro atoms. The molecule has 7 heteroatoms. The second-order valence-corrected chi connectivity index (χ2v) is 6.35. The van der Waals surface area contributed by atoms with E-state index >= 15 is 0 Å². The fraction of sp³-hybridized carbons (Fsp3) is 0.611. The fourth-order valence-electron chi connectivity index (χ4n) is 2.99. The molecule has 1 fully saturated rings. The van der Waals surface area contributed by atoms with E-state index < -0.39 is 0 Å². The van der Waals surface area contributed by atoms with Crippen LogP contribution in [-0.2, 0) is 11.3 Å². The lowest BCUT2D eigenvalue weighted by molar-refractivity contribution is -0.0679. The van der Waals surface area contributed by atoms with Crippen molar-refractivity contribution in [1.29, 1.82) is 0 Å². The smallest absolute Gasteiger partial charge is 0.191 e. The van der Waals surface area contributed by atoms with Crippen LogP contribution in [0.2, 0.25) is 0 Å². The molecule has 5 nitrogen and oxygen atoms in total. The highest BCUT2D eigenvalue weighted by Gasteiger charge is 2.21. The van der Waals surface area contributed by atoms with Crippen molar-refractivity contribution in [3.05, 3.63) is 35.6 Å². The summed E-state index contributed by atoms with van der Waals surface area (Å²) in [6.07, 6.45) is 1.68. The average molecular weight is 464 g/mol. The van der Waals surface area contributed by atoms with Crippen LogP contribution in [0.25, 0.3) is 0 Å². The quantitative estimate of drug-likeness (QED) is 0.294. The molecular formula is C18H30FIN4O. The van der Waals surface area contributed by atoms with Crippen LogP contribution in [0.5, 0.6) is 0 Å². The van der Waals surface area contributed by atoms with Crippen LogP contribution in [0.3, 0.4) is 0 Å². The lowest BCUT2D eigenvalue weighted by atomic mass is 10.2. The van der Waals surface area contributed by atoms with Gasteiger partial charge in [0.15, 0.2) is 5.96 Å². The van der Waals surface area contributed by atoms with Gasteiger partial charge in [0.2, 0.25) is 0 Å². The van der Waals surface area contributed by atoms with E-state index in [9.17, 15) is 4.39 Å². The Kier molecular flexibility index (Phi) is 10.3. The van der Waals surface area contributed by atoms with Crippen molar-refractivity contribution in [2.24, 2.45) is 4.99 Å². The van der Waals surface area contributed by atoms with Crippen LogP contribution >= 0.6 is 24.0 Å². The molecule has 25 heavy (non-hydrogen) atoms. The second-order valence-electron chi connectivity index (χ2n) is 6.35. The maximum Gasteiger partial charge on any atom is 0.191 e. The second kappa shape index (κ2) is 11.6. The van der Waals surface area contributed by atoms with Crippen LogP contribution in [0.1, 0.15) is 25.8 Å². The van der Waals surface area contributed by atoms with Gasteiger partial charge in [-0.2, -0.15) is 0 Å². The minimum Gasteiger partial charge on any atom is -0.373 e. The van der Waals surface area contributed by atoms with E-state index in [1.54, 1.807) is 19.2 Å². The zero-order valence-electron chi connectivity index (χ0n) is 15.3. The van der Waals surface area contributed by atoms with Crippen molar-refractivity contribution in [2.45, 2.75) is 39.0 Å². The normalized spacial score (nSPS) is 21.5. The Morgan fingerprint density at radius 1 is 1.20 bits per heavy atom. The van der Waals surface area contributed by atoms with Gasteiger partial charge in [-0.1, -0.05) is 12.1 Å². The minimum atomic E-state index is -0.215. The number of morpholine rings is 1. The molecule has 0 bridgehead atoms. The molecule has 1 saturated heterocycles. The molecule has 2 N–H and O–H groups in total. The van der Waals surface area contributed by atoms with Crippen molar-refractivity contribution in [3.63, 3.8) is 0 Å². The van der Waals surface area contributed by atoms with Crippen LogP contribution in [-0.4, -0.2) is 56.3 Å². The number of halogens is 2. The first kappa shape index (κ1) is 22.1. The lowest BCUT2D eigenvalue weighted by Crippen LogP contribution is -2.46. The molecule has 2 unspecified atom stereocenters. The van der Waals surface area contributed by atoms with Gasteiger partial charge in [-0.05, 0) is 38.0 Å². The number of nitrogens with one attached hydrogen (secondary N) is 2. The van der Waals surface area contributed by atoms with E-state index in [4.69, 9.17) is 4.74 Å². The fourth-order valence-corrected chi connectivity index (χ4v) is 2.99. The van der Waals surface area contributed by atoms with Gasteiger partial charge < -0.3 is 15.4 Å². The molecular weight excluding hydrogens is 434 g/mol. The van der Waals surface area contributed by atoms with Gasteiger partial charge in [-0.3, -0.25) is 9.89 Å². The standard InChI is InChI=1S/C18H29FN4O.HI/c1-14-12-23(13-15(2)24-14)10-4-9-21-18(20-3)22-11-16-5-7-17(19)8-6-16;/h5-8,14-15H,4,9-13H2,1-3H3,(H2,20,21,22);1H. The molecule has 2 rings (SSSR count). The number of ether oxygens (including phenoxy) is 1. The molecule has 1 aromatic carbocycles. The molecule has 0 amide bonds. The largest absolute Gasteiger partial charge is 0.373 e. The summed E-state index contributed by atoms with van der Waals surface area (Å²) in [7, 11) is 1.76. The number of hydrogen-bond acceptors (Lipinski definition) is 3. The SMILES string of the molecule is CN=C(NCCCN1CC(C)OC(C)C1)NCc1ccc(F)cc1.I. The van der Waals surface area contributed by atoms with Crippen molar-refractivity contribution >= 4 is 29.9 Å². The van der Waals surface area contributed by atoms with Gasteiger partial charge in [-0.15, -0.1) is 24.0 Å². The van der Waals surface area contributed by atoms with Gasteiger partial charge in [0.05, 0.1) is 12.2 Å². The predicted octanol–water partition coefficient (Wildman–Crippen LogP) is 2.61. The molecule has 2 atom stereocenters. The molecule has 1 heterocycles. The minimum absolute atomic E-state index is 0. The highest BCUT2D eigenvalue weighted by Crippen LogP contribution is 2.10. The van der Waals surface area contributed by atoms with Crippen molar-refractivity contribution in [3.8, 4) is 0 Å². The third kappa shape index (κ3) is 8.33. The number of nitrogens with zero attached hydrogens (tertiary/aromatic N) is 2. The number of benzene rings is 1. The Labute approximate surface area is 167 Å². The molecule has 1 aromatic rings.